The van der Waals surface area contributed by atoms with Crippen LogP contribution in [0.15, 0.2) is 46.6 Å². The molecule has 3 heteroatoms. The summed E-state index contributed by atoms with van der Waals surface area (Å²) in [6.07, 6.45) is 12.0. The van der Waals surface area contributed by atoms with Crippen LogP contribution in [-0.2, 0) is 11.8 Å². The average molecular weight is 390 g/mol. The van der Waals surface area contributed by atoms with Crippen LogP contribution in [0.4, 0.5) is 0 Å². The van der Waals surface area contributed by atoms with Gasteiger partial charge in [0.25, 0.3) is 0 Å². The Morgan fingerprint density at radius 2 is 1.90 bits per heavy atom. The molecule has 6 atom stereocenters. The molecule has 2 heterocycles. The molecule has 2 aromatic rings. The smallest absolute Gasteiger partial charge is 0.152 e. The maximum Gasteiger partial charge on any atom is 0.152 e. The van der Waals surface area contributed by atoms with Crippen molar-refractivity contribution in [2.75, 3.05) is 0 Å². The lowest BCUT2D eigenvalue weighted by Crippen LogP contribution is -2.51. The molecule has 1 N–H and O–H groups in total. The topological polar surface area (TPSA) is 46.3 Å². The number of aromatic nitrogens is 1. The second kappa shape index (κ2) is 6.07. The van der Waals surface area contributed by atoms with E-state index in [2.05, 4.69) is 32.1 Å². The summed E-state index contributed by atoms with van der Waals surface area (Å²) in [5.74, 6) is 3.04. The van der Waals surface area contributed by atoms with Crippen LogP contribution in [0.5, 0.6) is 0 Å². The third kappa shape index (κ3) is 2.43. The third-order valence-corrected chi connectivity index (χ3v) is 9.20. The van der Waals surface area contributed by atoms with Gasteiger partial charge >= 0.3 is 0 Å². The maximum atomic E-state index is 10.2. The fourth-order valence-corrected chi connectivity index (χ4v) is 7.58. The van der Waals surface area contributed by atoms with E-state index < -0.39 is 0 Å². The lowest BCUT2D eigenvalue weighted by atomic mass is 9.48. The second-order valence-electron chi connectivity index (χ2n) is 10.5. The first-order chi connectivity index (χ1) is 14.0. The number of pyridine rings is 1. The number of aliphatic hydroxyl groups is 1. The second-order valence-corrected chi connectivity index (χ2v) is 10.5. The summed E-state index contributed by atoms with van der Waals surface area (Å²) in [5, 5.41) is 10.2. The number of nitrogens with zero attached hydrogens (tertiary/aromatic N) is 1. The molecule has 29 heavy (non-hydrogen) atoms. The highest BCUT2D eigenvalue weighted by Crippen LogP contribution is 2.63. The van der Waals surface area contributed by atoms with Gasteiger partial charge in [-0.25, -0.2) is 4.98 Å². The van der Waals surface area contributed by atoms with E-state index in [9.17, 15) is 5.11 Å². The van der Waals surface area contributed by atoms with E-state index in [1.165, 1.54) is 36.9 Å². The van der Waals surface area contributed by atoms with Gasteiger partial charge in [0.2, 0.25) is 0 Å². The SMILES string of the molecule is CC12CC[C@H](O)CC1=CCC1C2CCC2(C)c3nc(-c4ccco4)ccc3CC12. The van der Waals surface area contributed by atoms with Crippen molar-refractivity contribution in [2.45, 2.75) is 70.3 Å². The van der Waals surface area contributed by atoms with Gasteiger partial charge in [-0.3, -0.25) is 0 Å². The quantitative estimate of drug-likeness (QED) is 0.638. The molecule has 0 aliphatic heterocycles. The van der Waals surface area contributed by atoms with Crippen molar-refractivity contribution in [1.82, 2.24) is 4.98 Å². The summed E-state index contributed by atoms with van der Waals surface area (Å²) in [7, 11) is 0. The number of allylic oxidation sites excluding steroid dienone is 1. The summed E-state index contributed by atoms with van der Waals surface area (Å²) in [6.45, 7) is 4.98. The van der Waals surface area contributed by atoms with Gasteiger partial charge in [0.15, 0.2) is 5.76 Å². The zero-order valence-electron chi connectivity index (χ0n) is 17.5. The molecule has 0 bridgehead atoms. The van der Waals surface area contributed by atoms with Gasteiger partial charge in [0.1, 0.15) is 5.69 Å². The molecule has 6 rings (SSSR count). The zero-order chi connectivity index (χ0) is 19.8. The van der Waals surface area contributed by atoms with Crippen molar-refractivity contribution in [2.24, 2.45) is 23.2 Å². The largest absolute Gasteiger partial charge is 0.463 e. The summed E-state index contributed by atoms with van der Waals surface area (Å²) < 4.78 is 5.62. The van der Waals surface area contributed by atoms with Gasteiger partial charge in [-0.15, -0.1) is 0 Å². The predicted octanol–water partition coefficient (Wildman–Crippen LogP) is 5.68. The molecule has 2 fully saturated rings. The van der Waals surface area contributed by atoms with Crippen molar-refractivity contribution < 1.29 is 9.52 Å². The van der Waals surface area contributed by atoms with Gasteiger partial charge in [-0.05, 0) is 91.9 Å². The van der Waals surface area contributed by atoms with Crippen LogP contribution >= 0.6 is 0 Å². The molecule has 3 nitrogen and oxygen atoms in total. The average Bonchev–Trinajstić information content (AvgIpc) is 3.34. The van der Waals surface area contributed by atoms with Crippen LogP contribution in [0.2, 0.25) is 0 Å². The minimum absolute atomic E-state index is 0.125. The normalized spacial score (nSPS) is 40.4. The third-order valence-electron chi connectivity index (χ3n) is 9.20. The van der Waals surface area contributed by atoms with Crippen LogP contribution < -0.4 is 0 Å². The summed E-state index contributed by atoms with van der Waals surface area (Å²) in [6, 6.07) is 8.39. The number of fused-ring (bicyclic) bond motifs is 7. The fraction of sp³-hybridized carbons (Fsp3) is 0.577. The Morgan fingerprint density at radius 3 is 2.72 bits per heavy atom. The van der Waals surface area contributed by atoms with Gasteiger partial charge in [0.05, 0.1) is 18.1 Å². The Balaban J connectivity index is 1.37. The Morgan fingerprint density at radius 1 is 1.03 bits per heavy atom. The number of furan rings is 1. The highest BCUT2D eigenvalue weighted by atomic mass is 16.3. The molecular weight excluding hydrogens is 358 g/mol. The maximum absolute atomic E-state index is 10.2. The van der Waals surface area contributed by atoms with Crippen molar-refractivity contribution in [3.8, 4) is 11.5 Å². The molecule has 4 aliphatic rings. The lowest BCUT2D eigenvalue weighted by molar-refractivity contribution is -0.0169. The van der Waals surface area contributed by atoms with Crippen molar-refractivity contribution in [3.63, 3.8) is 0 Å². The van der Waals surface area contributed by atoms with E-state index in [1.54, 1.807) is 11.8 Å². The minimum Gasteiger partial charge on any atom is -0.463 e. The molecule has 0 saturated heterocycles. The van der Waals surface area contributed by atoms with E-state index in [4.69, 9.17) is 9.40 Å². The number of aliphatic hydroxyl groups excluding tert-OH is 1. The first kappa shape index (κ1) is 17.9. The molecule has 152 valence electrons. The Kier molecular flexibility index (Phi) is 3.76. The van der Waals surface area contributed by atoms with Crippen molar-refractivity contribution in [1.29, 1.82) is 0 Å². The van der Waals surface area contributed by atoms with E-state index in [-0.39, 0.29) is 11.5 Å². The predicted molar refractivity (Wildman–Crippen MR) is 113 cm³/mol. The standard InChI is InChI=1S/C26H31NO2/c1-25-11-9-18(28)15-17(25)6-7-19-20(25)10-12-26(2)21(19)14-16-5-8-22(27-24(16)26)23-4-3-13-29-23/h3-6,8,13,18-21,28H,7,9-12,14-15H2,1-2H3/t18-,19?,20?,21?,25?,26?/m0/s1. The summed E-state index contributed by atoms with van der Waals surface area (Å²) in [5.41, 5.74) is 5.77. The van der Waals surface area contributed by atoms with Gasteiger partial charge in [0, 0.05) is 5.41 Å². The van der Waals surface area contributed by atoms with Crippen LogP contribution in [0.3, 0.4) is 0 Å². The van der Waals surface area contributed by atoms with Gasteiger partial charge in [-0.1, -0.05) is 31.6 Å². The molecule has 4 aliphatic carbocycles. The van der Waals surface area contributed by atoms with Gasteiger partial charge in [-0.2, -0.15) is 0 Å². The summed E-state index contributed by atoms with van der Waals surface area (Å²) >= 11 is 0. The van der Waals surface area contributed by atoms with Gasteiger partial charge < -0.3 is 9.52 Å². The van der Waals surface area contributed by atoms with E-state index in [0.29, 0.717) is 11.3 Å². The molecule has 0 aromatic carbocycles. The van der Waals surface area contributed by atoms with E-state index in [0.717, 1.165) is 42.6 Å². The Labute approximate surface area is 173 Å². The summed E-state index contributed by atoms with van der Waals surface area (Å²) in [4.78, 5) is 5.16. The van der Waals surface area contributed by atoms with Crippen LogP contribution in [-0.4, -0.2) is 16.2 Å². The minimum atomic E-state index is -0.125. The molecule has 0 amide bonds. The molecule has 0 spiro atoms. The Hall–Kier alpha value is -1.87. The fourth-order valence-electron chi connectivity index (χ4n) is 7.58. The van der Waals surface area contributed by atoms with Crippen molar-refractivity contribution in [3.05, 3.63) is 53.4 Å². The first-order valence-electron chi connectivity index (χ1n) is 11.4. The molecule has 0 radical (unpaired) electrons. The molecule has 2 saturated carbocycles. The van der Waals surface area contributed by atoms with E-state index >= 15 is 0 Å². The van der Waals surface area contributed by atoms with E-state index in [1.807, 2.05) is 12.1 Å². The highest BCUT2D eigenvalue weighted by molar-refractivity contribution is 5.54. The van der Waals surface area contributed by atoms with Crippen LogP contribution in [0, 0.1) is 23.2 Å². The molecular formula is C26H31NO2. The number of hydrogen-bond acceptors (Lipinski definition) is 3. The monoisotopic (exact) mass is 389 g/mol. The Bertz CT molecular complexity index is 977. The van der Waals surface area contributed by atoms with Crippen LogP contribution in [0.1, 0.15) is 63.6 Å². The lowest BCUT2D eigenvalue weighted by Gasteiger charge is -2.57. The number of rotatable bonds is 1. The zero-order valence-corrected chi connectivity index (χ0v) is 17.5. The van der Waals surface area contributed by atoms with Crippen LogP contribution in [0.25, 0.3) is 11.5 Å². The first-order valence-corrected chi connectivity index (χ1v) is 11.4. The molecule has 2 aromatic heterocycles. The number of hydrogen-bond donors (Lipinski definition) is 1. The highest BCUT2D eigenvalue weighted by Gasteiger charge is 2.57. The van der Waals surface area contributed by atoms with Crippen molar-refractivity contribution >= 4 is 0 Å². The molecule has 5 unspecified atom stereocenters.